The highest BCUT2D eigenvalue weighted by Crippen LogP contribution is 2.14. The van der Waals surface area contributed by atoms with Gasteiger partial charge in [-0.2, -0.15) is 10.2 Å². The Morgan fingerprint density at radius 1 is 1.38 bits per heavy atom. The third kappa shape index (κ3) is 4.07. The van der Waals surface area contributed by atoms with Gasteiger partial charge in [0, 0.05) is 32.0 Å². The molecule has 0 aliphatic rings. The van der Waals surface area contributed by atoms with Gasteiger partial charge in [-0.15, -0.1) is 0 Å². The van der Waals surface area contributed by atoms with Crippen LogP contribution in [0.5, 0.6) is 0 Å². The van der Waals surface area contributed by atoms with Crippen LogP contribution in [0.15, 0.2) is 16.9 Å². The smallest absolute Gasteiger partial charge is 0.273 e. The molecule has 0 radical (unpaired) electrons. The number of carbonyl (C=O) groups excluding carboxylic acids is 1. The molecule has 0 spiro atoms. The highest BCUT2D eigenvalue weighted by Gasteiger charge is 2.14. The summed E-state index contributed by atoms with van der Waals surface area (Å²) in [6, 6.07) is 0. The minimum absolute atomic E-state index is 0.245. The Labute approximate surface area is 136 Å². The second kappa shape index (κ2) is 7.09. The van der Waals surface area contributed by atoms with Crippen molar-refractivity contribution in [2.75, 3.05) is 6.54 Å². The lowest BCUT2D eigenvalue weighted by molar-refractivity contribution is 0.0947. The predicted octanol–water partition coefficient (Wildman–Crippen LogP) is 2.64. The Morgan fingerprint density at radius 3 is 2.71 bits per heavy atom. The van der Waals surface area contributed by atoms with Crippen LogP contribution in [0.1, 0.15) is 29.5 Å². The largest absolute Gasteiger partial charge is 0.351 e. The molecule has 21 heavy (non-hydrogen) atoms. The first-order valence-corrected chi connectivity index (χ1v) is 7.89. The molecule has 0 aliphatic carbocycles. The molecule has 2 aromatic heterocycles. The zero-order valence-electron chi connectivity index (χ0n) is 11.9. The fraction of sp³-hybridized carbons (Fsp3) is 0.462. The van der Waals surface area contributed by atoms with E-state index in [1.165, 1.54) is 0 Å². The number of nitrogens with one attached hydrogen (secondary N) is 1. The van der Waals surface area contributed by atoms with Gasteiger partial charge in [0.2, 0.25) is 0 Å². The van der Waals surface area contributed by atoms with E-state index in [0.29, 0.717) is 18.1 Å². The summed E-state index contributed by atoms with van der Waals surface area (Å²) in [5.74, 6) is -0.245. The summed E-state index contributed by atoms with van der Waals surface area (Å²) >= 11 is 9.40. The molecule has 114 valence electrons. The van der Waals surface area contributed by atoms with E-state index in [0.717, 1.165) is 23.1 Å². The first-order chi connectivity index (χ1) is 10.0. The average molecular weight is 375 g/mol. The number of rotatable bonds is 6. The van der Waals surface area contributed by atoms with Crippen molar-refractivity contribution in [3.05, 3.63) is 33.3 Å². The first kappa shape index (κ1) is 16.0. The maximum atomic E-state index is 12.0. The third-order valence-electron chi connectivity index (χ3n) is 2.99. The lowest BCUT2D eigenvalue weighted by Gasteiger charge is -2.04. The van der Waals surface area contributed by atoms with E-state index in [2.05, 4.69) is 31.4 Å². The Bertz CT molecular complexity index is 617. The lowest BCUT2D eigenvalue weighted by Crippen LogP contribution is -2.26. The van der Waals surface area contributed by atoms with E-state index >= 15 is 0 Å². The lowest BCUT2D eigenvalue weighted by atomic mass is 10.3. The molecule has 1 N–H and O–H groups in total. The zero-order valence-corrected chi connectivity index (χ0v) is 14.3. The maximum Gasteiger partial charge on any atom is 0.273 e. The molecule has 2 heterocycles. The molecule has 0 bridgehead atoms. The Kier molecular flexibility index (Phi) is 5.41. The topological polar surface area (TPSA) is 64.7 Å². The number of halogens is 2. The number of aromatic nitrogens is 4. The first-order valence-electron chi connectivity index (χ1n) is 6.72. The fourth-order valence-corrected chi connectivity index (χ4v) is 2.40. The molecule has 0 fully saturated rings. The van der Waals surface area contributed by atoms with Crippen LogP contribution < -0.4 is 5.32 Å². The van der Waals surface area contributed by atoms with Gasteiger partial charge >= 0.3 is 0 Å². The molecule has 6 nitrogen and oxygen atoms in total. The molecule has 0 saturated heterocycles. The van der Waals surface area contributed by atoms with Crippen molar-refractivity contribution in [1.29, 1.82) is 0 Å². The van der Waals surface area contributed by atoms with Gasteiger partial charge in [-0.05, 0) is 36.2 Å². The Morgan fingerprint density at radius 2 is 2.14 bits per heavy atom. The second-order valence-corrected chi connectivity index (χ2v) is 5.88. The number of amides is 1. The minimum Gasteiger partial charge on any atom is -0.351 e. The van der Waals surface area contributed by atoms with Crippen LogP contribution >= 0.6 is 27.5 Å². The SMILES string of the molecule is CCn1cc(Cl)c(C(=O)NCCCn2cc(Br)c(C)n2)n1. The van der Waals surface area contributed by atoms with E-state index in [4.69, 9.17) is 11.6 Å². The fourth-order valence-electron chi connectivity index (χ4n) is 1.85. The van der Waals surface area contributed by atoms with Gasteiger partial charge in [0.15, 0.2) is 5.69 Å². The van der Waals surface area contributed by atoms with E-state index in [9.17, 15) is 4.79 Å². The molecule has 0 unspecified atom stereocenters. The van der Waals surface area contributed by atoms with Crippen LogP contribution in [0.4, 0.5) is 0 Å². The number of hydrogen-bond donors (Lipinski definition) is 1. The number of nitrogens with zero attached hydrogens (tertiary/aromatic N) is 4. The number of carbonyl (C=O) groups is 1. The summed E-state index contributed by atoms with van der Waals surface area (Å²) in [4.78, 5) is 12.0. The van der Waals surface area contributed by atoms with Crippen molar-refractivity contribution in [1.82, 2.24) is 24.9 Å². The van der Waals surface area contributed by atoms with Crippen LogP contribution in [-0.4, -0.2) is 32.0 Å². The molecule has 0 aliphatic heterocycles. The van der Waals surface area contributed by atoms with E-state index in [-0.39, 0.29) is 11.6 Å². The number of aryl methyl sites for hydroxylation is 3. The maximum absolute atomic E-state index is 12.0. The molecular weight excluding hydrogens is 358 g/mol. The van der Waals surface area contributed by atoms with Crippen molar-refractivity contribution in [3.8, 4) is 0 Å². The summed E-state index contributed by atoms with van der Waals surface area (Å²) in [6.45, 7) is 5.85. The van der Waals surface area contributed by atoms with Gasteiger partial charge in [0.05, 0.1) is 15.2 Å². The summed E-state index contributed by atoms with van der Waals surface area (Å²) in [6.07, 6.45) is 4.36. The summed E-state index contributed by atoms with van der Waals surface area (Å²) < 4.78 is 4.48. The quantitative estimate of drug-likeness (QED) is 0.791. The van der Waals surface area contributed by atoms with Gasteiger partial charge in [-0.25, -0.2) is 0 Å². The summed E-state index contributed by atoms with van der Waals surface area (Å²) in [5.41, 5.74) is 1.23. The van der Waals surface area contributed by atoms with Gasteiger partial charge in [0.1, 0.15) is 0 Å². The molecule has 0 atom stereocenters. The van der Waals surface area contributed by atoms with Crippen LogP contribution in [0, 0.1) is 6.92 Å². The van der Waals surface area contributed by atoms with E-state index < -0.39 is 0 Å². The predicted molar refractivity (Wildman–Crippen MR) is 84.5 cm³/mol. The summed E-state index contributed by atoms with van der Waals surface area (Å²) in [7, 11) is 0. The Balaban J connectivity index is 1.80. The van der Waals surface area contributed by atoms with Gasteiger partial charge in [-0.3, -0.25) is 14.2 Å². The summed E-state index contributed by atoms with van der Waals surface area (Å²) in [5, 5.41) is 11.7. The zero-order chi connectivity index (χ0) is 15.4. The highest BCUT2D eigenvalue weighted by molar-refractivity contribution is 9.10. The molecule has 2 aromatic rings. The van der Waals surface area contributed by atoms with Crippen molar-refractivity contribution in [3.63, 3.8) is 0 Å². The Hall–Kier alpha value is -1.34. The molecule has 1 amide bonds. The minimum atomic E-state index is -0.245. The third-order valence-corrected chi connectivity index (χ3v) is 4.05. The van der Waals surface area contributed by atoms with E-state index in [1.807, 2.05) is 24.7 Å². The van der Waals surface area contributed by atoms with Gasteiger partial charge in [-0.1, -0.05) is 11.6 Å². The van der Waals surface area contributed by atoms with Gasteiger partial charge in [0.25, 0.3) is 5.91 Å². The monoisotopic (exact) mass is 373 g/mol. The molecule has 0 aromatic carbocycles. The van der Waals surface area contributed by atoms with Crippen molar-refractivity contribution in [2.24, 2.45) is 0 Å². The number of hydrogen-bond acceptors (Lipinski definition) is 3. The molecular formula is C13H17BrClN5O. The van der Waals surface area contributed by atoms with Crippen LogP contribution in [0.3, 0.4) is 0 Å². The molecule has 2 rings (SSSR count). The molecule has 8 heteroatoms. The standard InChI is InChI=1S/C13H17BrClN5O/c1-3-19-8-11(15)12(18-19)13(21)16-5-4-6-20-7-10(14)9(2)17-20/h7-8H,3-6H2,1-2H3,(H,16,21). The molecule has 0 saturated carbocycles. The van der Waals surface area contributed by atoms with E-state index in [1.54, 1.807) is 10.9 Å². The van der Waals surface area contributed by atoms with Crippen molar-refractivity contribution >= 4 is 33.4 Å². The van der Waals surface area contributed by atoms with Gasteiger partial charge < -0.3 is 5.32 Å². The van der Waals surface area contributed by atoms with Crippen LogP contribution in [-0.2, 0) is 13.1 Å². The van der Waals surface area contributed by atoms with Crippen molar-refractivity contribution < 1.29 is 4.79 Å². The van der Waals surface area contributed by atoms with Crippen molar-refractivity contribution in [2.45, 2.75) is 33.4 Å². The van der Waals surface area contributed by atoms with Crippen LogP contribution in [0.25, 0.3) is 0 Å². The highest BCUT2D eigenvalue weighted by atomic mass is 79.9. The second-order valence-electron chi connectivity index (χ2n) is 4.62. The van der Waals surface area contributed by atoms with Crippen LogP contribution in [0.2, 0.25) is 5.02 Å². The normalized spacial score (nSPS) is 10.9. The average Bonchev–Trinajstić information content (AvgIpc) is 2.98.